The minimum Gasteiger partial charge on any atom is -0.481 e. The van der Waals surface area contributed by atoms with Crippen LogP contribution in [0.4, 0.5) is 0 Å². The highest BCUT2D eigenvalue weighted by Crippen LogP contribution is 2.06. The Morgan fingerprint density at radius 3 is 1.93 bits per heavy atom. The first kappa shape index (κ1) is 25.2. The summed E-state index contributed by atoms with van der Waals surface area (Å²) < 4.78 is 1.48. The van der Waals surface area contributed by atoms with E-state index >= 15 is 0 Å². The van der Waals surface area contributed by atoms with Crippen LogP contribution in [0.1, 0.15) is 68.6 Å². The number of carbonyl (C=O) groups excluding carboxylic acids is 1. The van der Waals surface area contributed by atoms with Crippen molar-refractivity contribution in [1.29, 1.82) is 0 Å². The molecule has 0 saturated carbocycles. The Morgan fingerprint density at radius 2 is 1.40 bits per heavy atom. The Balaban J connectivity index is 2.06. The molecule has 1 aromatic rings. The zero-order valence-electron chi connectivity index (χ0n) is 18.1. The molecule has 30 heavy (non-hydrogen) atoms. The van der Waals surface area contributed by atoms with Gasteiger partial charge in [-0.15, -0.1) is 0 Å². The largest absolute Gasteiger partial charge is 0.481 e. The van der Waals surface area contributed by atoms with Crippen molar-refractivity contribution in [2.45, 2.75) is 64.7 Å². The van der Waals surface area contributed by atoms with E-state index in [1.165, 1.54) is 4.57 Å². The number of hydrogen-bond acceptors (Lipinski definition) is 2. The summed E-state index contributed by atoms with van der Waals surface area (Å²) in [7, 11) is 0. The third-order valence-electron chi connectivity index (χ3n) is 4.32. The van der Waals surface area contributed by atoms with Crippen LogP contribution in [0.3, 0.4) is 0 Å². The molecule has 1 aromatic heterocycles. The maximum Gasteiger partial charge on any atom is 0.307 e. The van der Waals surface area contributed by atoms with E-state index in [2.05, 4.69) is 67.7 Å². The van der Waals surface area contributed by atoms with Crippen LogP contribution < -0.4 is 0 Å². The molecule has 0 aromatic carbocycles. The quantitative estimate of drug-likeness (QED) is 0.260. The fraction of sp³-hybridized carbons (Fsp3) is 0.385. The number of hydrogen-bond donors (Lipinski definition) is 1. The van der Waals surface area contributed by atoms with E-state index in [0.717, 1.165) is 44.9 Å². The average molecular weight is 410 g/mol. The molecular weight excluding hydrogens is 374 g/mol. The van der Waals surface area contributed by atoms with E-state index in [9.17, 15) is 9.59 Å². The fourth-order valence-electron chi connectivity index (χ4n) is 2.74. The second kappa shape index (κ2) is 17.0. The number of nitrogens with zero attached hydrogens (tertiary/aromatic N) is 1. The van der Waals surface area contributed by atoms with Gasteiger partial charge in [0.15, 0.2) is 0 Å². The van der Waals surface area contributed by atoms with E-state index in [-0.39, 0.29) is 12.3 Å². The van der Waals surface area contributed by atoms with Gasteiger partial charge in [-0.25, -0.2) is 0 Å². The highest BCUT2D eigenvalue weighted by atomic mass is 16.4. The number of carbonyl (C=O) groups is 2. The third-order valence-corrected chi connectivity index (χ3v) is 4.32. The summed E-state index contributed by atoms with van der Waals surface area (Å²) in [5.41, 5.74) is 0.647. The van der Waals surface area contributed by atoms with Crippen molar-refractivity contribution in [3.63, 3.8) is 0 Å². The molecule has 0 unspecified atom stereocenters. The lowest BCUT2D eigenvalue weighted by Gasteiger charge is -2.00. The molecule has 0 aliphatic heterocycles. The highest BCUT2D eigenvalue weighted by Gasteiger charge is 2.07. The molecule has 0 fully saturated rings. The minimum atomic E-state index is -0.890. The highest BCUT2D eigenvalue weighted by molar-refractivity contribution is 5.79. The summed E-state index contributed by atoms with van der Waals surface area (Å²) >= 11 is 0. The fourth-order valence-corrected chi connectivity index (χ4v) is 2.74. The summed E-state index contributed by atoms with van der Waals surface area (Å²) in [5.74, 6) is -0.891. The Labute approximate surface area is 181 Å². The molecule has 0 aliphatic rings. The molecular formula is C26H35NO3. The monoisotopic (exact) mass is 409 g/mol. The first-order valence-corrected chi connectivity index (χ1v) is 10.8. The van der Waals surface area contributed by atoms with Gasteiger partial charge in [0.25, 0.3) is 0 Å². The second-order valence-corrected chi connectivity index (χ2v) is 6.99. The number of unbranched alkanes of at least 4 members (excludes halogenated alkanes) is 1. The number of aliphatic carboxylic acids is 1. The van der Waals surface area contributed by atoms with Gasteiger partial charge >= 0.3 is 5.97 Å². The molecule has 1 N–H and O–H groups in total. The molecule has 1 rings (SSSR count). The van der Waals surface area contributed by atoms with E-state index in [4.69, 9.17) is 5.11 Å². The number of allylic oxidation sites excluding steroid dienone is 10. The van der Waals surface area contributed by atoms with Crippen LogP contribution in [-0.4, -0.2) is 21.6 Å². The standard InChI is InChI=1S/C26H35NO3/c1-2-3-4-5-6-7-8-9-10-11-12-13-14-15-16-17-18-19-25(28)27-21-20-24(23-27)22-26(29)30/h3-4,6-7,9-10,12-13,15-16,20-21,23H,2,5,8,11,14,17-19,22H2,1H3,(H,29,30)/b4-3+,7-6+,10-9+,13-12+,16-15+. The van der Waals surface area contributed by atoms with Crippen LogP contribution >= 0.6 is 0 Å². The molecule has 0 aliphatic carbocycles. The first-order valence-electron chi connectivity index (χ1n) is 10.8. The molecule has 0 bridgehead atoms. The summed E-state index contributed by atoms with van der Waals surface area (Å²) in [6.07, 6.45) is 31.9. The van der Waals surface area contributed by atoms with Crippen LogP contribution in [0.15, 0.2) is 79.2 Å². The molecule has 162 valence electrons. The number of rotatable bonds is 15. The van der Waals surface area contributed by atoms with Crippen LogP contribution in [0, 0.1) is 0 Å². The SMILES string of the molecule is CC/C=C/C/C=C/C/C=C/C/C=C/C/C=C/CCCC(=O)n1ccc(CC(=O)O)c1. The predicted octanol–water partition coefficient (Wildman–Crippen LogP) is 6.68. The molecule has 4 nitrogen and oxygen atoms in total. The molecule has 1 heterocycles. The summed E-state index contributed by atoms with van der Waals surface area (Å²) in [6, 6.07) is 1.68. The minimum absolute atomic E-state index is 0.000934. The van der Waals surface area contributed by atoms with Gasteiger partial charge in [0.1, 0.15) is 0 Å². The van der Waals surface area contributed by atoms with Crippen LogP contribution in [0.25, 0.3) is 0 Å². The van der Waals surface area contributed by atoms with Crippen molar-refractivity contribution >= 4 is 11.9 Å². The molecule has 0 saturated heterocycles. The average Bonchev–Trinajstić information content (AvgIpc) is 3.18. The van der Waals surface area contributed by atoms with Crippen LogP contribution in [0.5, 0.6) is 0 Å². The molecule has 0 radical (unpaired) electrons. The van der Waals surface area contributed by atoms with Crippen LogP contribution in [0.2, 0.25) is 0 Å². The second-order valence-electron chi connectivity index (χ2n) is 6.99. The predicted molar refractivity (Wildman–Crippen MR) is 125 cm³/mol. The van der Waals surface area contributed by atoms with Gasteiger partial charge in [0.2, 0.25) is 5.91 Å². The van der Waals surface area contributed by atoms with Crippen molar-refractivity contribution in [2.24, 2.45) is 0 Å². The number of aromatic nitrogens is 1. The van der Waals surface area contributed by atoms with Crippen molar-refractivity contribution in [3.05, 3.63) is 84.8 Å². The van der Waals surface area contributed by atoms with E-state index in [1.54, 1.807) is 18.5 Å². The normalized spacial score (nSPS) is 12.4. The van der Waals surface area contributed by atoms with Gasteiger partial charge in [-0.05, 0) is 56.6 Å². The zero-order valence-corrected chi connectivity index (χ0v) is 18.1. The van der Waals surface area contributed by atoms with Gasteiger partial charge < -0.3 is 5.11 Å². The summed E-state index contributed by atoms with van der Waals surface area (Å²) in [5, 5.41) is 8.77. The lowest BCUT2D eigenvalue weighted by atomic mass is 10.2. The zero-order chi connectivity index (χ0) is 21.9. The van der Waals surface area contributed by atoms with Crippen LogP contribution in [-0.2, 0) is 11.2 Å². The smallest absolute Gasteiger partial charge is 0.307 e. The lowest BCUT2D eigenvalue weighted by Crippen LogP contribution is -2.07. The van der Waals surface area contributed by atoms with Crippen molar-refractivity contribution < 1.29 is 14.7 Å². The topological polar surface area (TPSA) is 59.3 Å². The number of carboxylic acid groups (broad SMARTS) is 1. The van der Waals surface area contributed by atoms with Gasteiger partial charge in [0.05, 0.1) is 6.42 Å². The van der Waals surface area contributed by atoms with Crippen molar-refractivity contribution in [2.75, 3.05) is 0 Å². The molecule has 0 amide bonds. The maximum absolute atomic E-state index is 12.1. The Kier molecular flexibility index (Phi) is 14.3. The Hall–Kier alpha value is -2.88. The van der Waals surface area contributed by atoms with Crippen molar-refractivity contribution in [1.82, 2.24) is 4.57 Å². The number of carboxylic acids is 1. The van der Waals surface area contributed by atoms with E-state index < -0.39 is 5.97 Å². The van der Waals surface area contributed by atoms with Gasteiger partial charge in [-0.2, -0.15) is 0 Å². The summed E-state index contributed by atoms with van der Waals surface area (Å²) in [6.45, 7) is 2.14. The van der Waals surface area contributed by atoms with E-state index in [1.807, 2.05) is 0 Å². The van der Waals surface area contributed by atoms with Gasteiger partial charge in [0, 0.05) is 18.8 Å². The lowest BCUT2D eigenvalue weighted by molar-refractivity contribution is -0.136. The van der Waals surface area contributed by atoms with Gasteiger partial charge in [-0.1, -0.05) is 67.7 Å². The van der Waals surface area contributed by atoms with Gasteiger partial charge in [-0.3, -0.25) is 14.2 Å². The maximum atomic E-state index is 12.1. The van der Waals surface area contributed by atoms with Crippen molar-refractivity contribution in [3.8, 4) is 0 Å². The Morgan fingerprint density at radius 1 is 0.867 bits per heavy atom. The third kappa shape index (κ3) is 13.3. The molecule has 0 spiro atoms. The first-order chi connectivity index (χ1) is 14.6. The van der Waals surface area contributed by atoms with E-state index in [0.29, 0.717) is 12.0 Å². The molecule has 0 atom stereocenters. The molecule has 4 heteroatoms. The summed E-state index contributed by atoms with van der Waals surface area (Å²) in [4.78, 5) is 22.8. The Bertz CT molecular complexity index is 763.